The Bertz CT molecular complexity index is 783. The van der Waals surface area contributed by atoms with Gasteiger partial charge in [0.25, 0.3) is 0 Å². The van der Waals surface area contributed by atoms with Gasteiger partial charge >= 0.3 is 0 Å². The van der Waals surface area contributed by atoms with Crippen molar-refractivity contribution in [3.05, 3.63) is 35.9 Å². The van der Waals surface area contributed by atoms with Gasteiger partial charge < -0.3 is 15.0 Å². The van der Waals surface area contributed by atoms with Gasteiger partial charge in [-0.1, -0.05) is 30.3 Å². The number of nitrogens with zero attached hydrogens (tertiary/aromatic N) is 3. The molecule has 0 radical (unpaired) electrons. The van der Waals surface area contributed by atoms with E-state index in [1.807, 2.05) is 18.2 Å². The Morgan fingerprint density at radius 3 is 2.45 bits per heavy atom. The van der Waals surface area contributed by atoms with Gasteiger partial charge in [0, 0.05) is 45.2 Å². The molecule has 2 saturated heterocycles. The van der Waals surface area contributed by atoms with Crippen LogP contribution in [0.15, 0.2) is 35.3 Å². The molecule has 31 heavy (non-hydrogen) atoms. The van der Waals surface area contributed by atoms with Crippen molar-refractivity contribution >= 4 is 40.0 Å². The van der Waals surface area contributed by atoms with E-state index in [1.165, 1.54) is 11.8 Å². The minimum atomic E-state index is -3.07. The first-order valence-electron chi connectivity index (χ1n) is 11.1. The average Bonchev–Trinajstić information content (AvgIpc) is 3.20. The average molecular weight is 565 g/mol. The van der Waals surface area contributed by atoms with Crippen molar-refractivity contribution in [2.45, 2.75) is 32.8 Å². The highest BCUT2D eigenvalue weighted by Crippen LogP contribution is 2.21. The molecule has 2 aliphatic rings. The fourth-order valence-corrected chi connectivity index (χ4v) is 5.02. The maximum absolute atomic E-state index is 11.7. The molecule has 1 aromatic rings. The van der Waals surface area contributed by atoms with Crippen molar-refractivity contribution in [1.82, 2.24) is 14.5 Å². The second-order valence-corrected chi connectivity index (χ2v) is 10.4. The molecule has 2 heterocycles. The van der Waals surface area contributed by atoms with Gasteiger partial charge in [-0.25, -0.2) is 12.7 Å². The molecule has 3 rings (SSSR count). The van der Waals surface area contributed by atoms with Crippen molar-refractivity contribution in [3.63, 3.8) is 0 Å². The van der Waals surface area contributed by atoms with E-state index in [0.29, 0.717) is 31.5 Å². The van der Waals surface area contributed by atoms with Crippen LogP contribution in [0.2, 0.25) is 0 Å². The van der Waals surface area contributed by atoms with Gasteiger partial charge in [-0.05, 0) is 37.7 Å². The molecule has 1 unspecified atom stereocenters. The Kier molecular flexibility index (Phi) is 11.0. The smallest absolute Gasteiger partial charge is 0.211 e. The summed E-state index contributed by atoms with van der Waals surface area (Å²) in [5.74, 6) is 1.95. The Morgan fingerprint density at radius 1 is 1.13 bits per heavy atom. The predicted octanol–water partition coefficient (Wildman–Crippen LogP) is 2.78. The maximum atomic E-state index is 11.7. The number of aliphatic imine (C=N–C) groups is 1. The van der Waals surface area contributed by atoms with Gasteiger partial charge in [0.2, 0.25) is 10.0 Å². The van der Waals surface area contributed by atoms with E-state index < -0.39 is 10.0 Å². The summed E-state index contributed by atoms with van der Waals surface area (Å²) in [4.78, 5) is 7.23. The number of halogens is 1. The molecule has 7 nitrogen and oxygen atoms in total. The molecule has 0 saturated carbocycles. The zero-order valence-electron chi connectivity index (χ0n) is 18.7. The Balaban J connectivity index is 0.00000341. The number of nitrogens with one attached hydrogen (secondary N) is 1. The van der Waals surface area contributed by atoms with E-state index >= 15 is 0 Å². The van der Waals surface area contributed by atoms with Crippen molar-refractivity contribution in [2.24, 2.45) is 16.8 Å². The summed E-state index contributed by atoms with van der Waals surface area (Å²) < 4.78 is 30.9. The monoisotopic (exact) mass is 564 g/mol. The number of benzene rings is 1. The first kappa shape index (κ1) is 26.3. The van der Waals surface area contributed by atoms with Crippen LogP contribution >= 0.6 is 24.0 Å². The highest BCUT2D eigenvalue weighted by atomic mass is 127. The number of sulfonamides is 1. The predicted molar refractivity (Wildman–Crippen MR) is 136 cm³/mol. The third-order valence-corrected chi connectivity index (χ3v) is 7.23. The van der Waals surface area contributed by atoms with E-state index in [2.05, 4.69) is 29.3 Å². The number of hydrogen-bond acceptors (Lipinski definition) is 4. The van der Waals surface area contributed by atoms with Crippen LogP contribution in [-0.2, 0) is 21.4 Å². The third kappa shape index (κ3) is 8.51. The molecule has 9 heteroatoms. The lowest BCUT2D eigenvalue weighted by Crippen LogP contribution is -2.41. The van der Waals surface area contributed by atoms with E-state index in [0.717, 1.165) is 58.0 Å². The van der Waals surface area contributed by atoms with Crippen molar-refractivity contribution in [2.75, 3.05) is 52.1 Å². The van der Waals surface area contributed by atoms with E-state index in [9.17, 15) is 8.42 Å². The standard InChI is InChI=1S/C22H36N4O3S.HI/c1-3-23-22(24-15-19-10-13-26(14-11-19)30(2,27)28)25-12-9-21(16-25)18-29-17-20-7-5-4-6-8-20;/h4-8,19,21H,3,9-18H2,1-2H3,(H,23,24);1H. The number of likely N-dealkylation sites (tertiary alicyclic amines) is 1. The molecule has 1 N–H and O–H groups in total. The molecule has 176 valence electrons. The van der Waals surface area contributed by atoms with Gasteiger partial charge in [0.15, 0.2) is 5.96 Å². The quantitative estimate of drug-likeness (QED) is 0.299. The lowest BCUT2D eigenvalue weighted by Gasteiger charge is -2.30. The fourth-order valence-electron chi connectivity index (χ4n) is 4.14. The number of piperidine rings is 1. The van der Waals surface area contributed by atoms with Crippen molar-refractivity contribution in [3.8, 4) is 0 Å². The Morgan fingerprint density at radius 2 is 1.81 bits per heavy atom. The molecule has 2 aliphatic heterocycles. The summed E-state index contributed by atoms with van der Waals surface area (Å²) in [7, 11) is -3.07. The number of rotatable bonds is 8. The van der Waals surface area contributed by atoms with E-state index in [-0.39, 0.29) is 24.0 Å². The van der Waals surface area contributed by atoms with Crippen LogP contribution in [0.3, 0.4) is 0 Å². The second kappa shape index (κ2) is 13.0. The van der Waals surface area contributed by atoms with Gasteiger partial charge in [0.05, 0.1) is 19.5 Å². The first-order chi connectivity index (χ1) is 14.5. The largest absolute Gasteiger partial charge is 0.376 e. The van der Waals surface area contributed by atoms with Crippen molar-refractivity contribution < 1.29 is 13.2 Å². The Labute approximate surface area is 204 Å². The maximum Gasteiger partial charge on any atom is 0.211 e. The molecule has 2 fully saturated rings. The lowest BCUT2D eigenvalue weighted by molar-refractivity contribution is 0.0906. The van der Waals surface area contributed by atoms with Gasteiger partial charge in [-0.15, -0.1) is 24.0 Å². The summed E-state index contributed by atoms with van der Waals surface area (Å²) in [6.07, 6.45) is 4.17. The summed E-state index contributed by atoms with van der Waals surface area (Å²) in [5, 5.41) is 3.43. The minimum absolute atomic E-state index is 0. The summed E-state index contributed by atoms with van der Waals surface area (Å²) >= 11 is 0. The summed E-state index contributed by atoms with van der Waals surface area (Å²) in [5.41, 5.74) is 1.21. The molecule has 1 atom stereocenters. The lowest BCUT2D eigenvalue weighted by atomic mass is 9.98. The molecule has 0 aliphatic carbocycles. The van der Waals surface area contributed by atoms with Crippen LogP contribution in [0.25, 0.3) is 0 Å². The van der Waals surface area contributed by atoms with Crippen LogP contribution in [0.1, 0.15) is 31.7 Å². The van der Waals surface area contributed by atoms with Crippen LogP contribution in [0.4, 0.5) is 0 Å². The van der Waals surface area contributed by atoms with Crippen molar-refractivity contribution in [1.29, 1.82) is 0 Å². The first-order valence-corrected chi connectivity index (χ1v) is 12.9. The fraction of sp³-hybridized carbons (Fsp3) is 0.682. The number of hydrogen-bond donors (Lipinski definition) is 1. The van der Waals surface area contributed by atoms with E-state index in [1.54, 1.807) is 4.31 Å². The second-order valence-electron chi connectivity index (χ2n) is 8.40. The van der Waals surface area contributed by atoms with Gasteiger partial charge in [-0.2, -0.15) is 0 Å². The van der Waals surface area contributed by atoms with Crippen LogP contribution in [0, 0.1) is 11.8 Å². The molecule has 0 amide bonds. The van der Waals surface area contributed by atoms with Gasteiger partial charge in [0.1, 0.15) is 0 Å². The molecular weight excluding hydrogens is 527 g/mol. The number of ether oxygens (including phenoxy) is 1. The zero-order valence-corrected chi connectivity index (χ0v) is 21.8. The van der Waals surface area contributed by atoms with Crippen LogP contribution in [0.5, 0.6) is 0 Å². The highest BCUT2D eigenvalue weighted by Gasteiger charge is 2.27. The Hall–Kier alpha value is -0.910. The molecule has 0 aromatic heterocycles. The molecular formula is C22H37IN4O3S. The van der Waals surface area contributed by atoms with Gasteiger partial charge in [-0.3, -0.25) is 4.99 Å². The summed E-state index contributed by atoms with van der Waals surface area (Å²) in [6, 6.07) is 10.3. The number of guanidine groups is 1. The van der Waals surface area contributed by atoms with Crippen LogP contribution < -0.4 is 5.32 Å². The SMILES string of the molecule is CCNC(=NCC1CCN(S(C)(=O)=O)CC1)N1CCC(COCc2ccccc2)C1.I. The molecule has 0 bridgehead atoms. The topological polar surface area (TPSA) is 74.2 Å². The normalized spacial score (nSPS) is 21.2. The summed E-state index contributed by atoms with van der Waals surface area (Å²) in [6.45, 7) is 8.32. The van der Waals surface area contributed by atoms with E-state index in [4.69, 9.17) is 9.73 Å². The highest BCUT2D eigenvalue weighted by molar-refractivity contribution is 14.0. The minimum Gasteiger partial charge on any atom is -0.376 e. The molecule has 1 aromatic carbocycles. The van der Waals surface area contributed by atoms with Crippen LogP contribution in [-0.4, -0.2) is 75.7 Å². The zero-order chi connectivity index (χ0) is 21.4. The third-order valence-electron chi connectivity index (χ3n) is 5.93. The molecule has 0 spiro atoms.